The maximum absolute atomic E-state index is 11.5. The molecule has 7 nitrogen and oxygen atoms in total. The Morgan fingerprint density at radius 3 is 2.52 bits per heavy atom. The molecule has 0 aliphatic heterocycles. The third-order valence-corrected chi connectivity index (χ3v) is 4.25. The Bertz CT molecular complexity index is 1040. The number of carboxylic acids is 2. The summed E-state index contributed by atoms with van der Waals surface area (Å²) in [5.74, 6) is -2.24. The number of carboxylic acid groups (broad SMARTS) is 2. The van der Waals surface area contributed by atoms with Crippen LogP contribution in [0.4, 0.5) is 0 Å². The molecule has 0 amide bonds. The van der Waals surface area contributed by atoms with Gasteiger partial charge in [0.1, 0.15) is 17.9 Å². The van der Waals surface area contributed by atoms with Gasteiger partial charge in [-0.2, -0.15) is 5.10 Å². The Morgan fingerprint density at radius 1 is 1.15 bits per heavy atom. The quantitative estimate of drug-likeness (QED) is 0.684. The zero-order valence-corrected chi connectivity index (χ0v) is 15.3. The van der Waals surface area contributed by atoms with Gasteiger partial charge in [-0.1, -0.05) is 6.07 Å². The van der Waals surface area contributed by atoms with Crippen LogP contribution in [-0.4, -0.2) is 31.9 Å². The molecule has 3 aromatic rings. The Labute approximate surface area is 155 Å². The van der Waals surface area contributed by atoms with Gasteiger partial charge in [0.2, 0.25) is 0 Å². The van der Waals surface area contributed by atoms with Crippen LogP contribution >= 0.6 is 0 Å². The standard InChI is InChI=1S/C20H20N2O5/c1-11(2)22-9-15-7-13(4-5-17(15)21-22)10-27-18-12(3)6-14(19(23)24)8-16(18)20(25)26/h4-9,11H,10H2,1-3H3,(H,23,24)(H,25,26). The highest BCUT2D eigenvalue weighted by Crippen LogP contribution is 2.27. The molecule has 1 heterocycles. The van der Waals surface area contributed by atoms with E-state index in [-0.39, 0.29) is 29.5 Å². The molecule has 0 saturated carbocycles. The second-order valence-electron chi connectivity index (χ2n) is 6.66. The van der Waals surface area contributed by atoms with Crippen molar-refractivity contribution in [3.63, 3.8) is 0 Å². The summed E-state index contributed by atoms with van der Waals surface area (Å²) < 4.78 is 7.63. The minimum Gasteiger partial charge on any atom is -0.488 e. The second-order valence-corrected chi connectivity index (χ2v) is 6.66. The van der Waals surface area contributed by atoms with Gasteiger partial charge in [0, 0.05) is 17.6 Å². The van der Waals surface area contributed by atoms with Crippen LogP contribution in [0, 0.1) is 6.92 Å². The third-order valence-electron chi connectivity index (χ3n) is 4.25. The molecule has 2 N–H and O–H groups in total. The van der Waals surface area contributed by atoms with Gasteiger partial charge in [0.25, 0.3) is 0 Å². The molecule has 0 radical (unpaired) electrons. The van der Waals surface area contributed by atoms with Gasteiger partial charge >= 0.3 is 11.9 Å². The first-order valence-electron chi connectivity index (χ1n) is 8.48. The predicted molar refractivity (Wildman–Crippen MR) is 99.5 cm³/mol. The fraction of sp³-hybridized carbons (Fsp3) is 0.250. The first kappa shape index (κ1) is 18.4. The van der Waals surface area contributed by atoms with E-state index in [1.807, 2.05) is 42.9 Å². The van der Waals surface area contributed by atoms with E-state index in [1.165, 1.54) is 6.07 Å². The topological polar surface area (TPSA) is 102 Å². The molecule has 0 atom stereocenters. The fourth-order valence-corrected chi connectivity index (χ4v) is 2.85. The van der Waals surface area contributed by atoms with Crippen LogP contribution in [0.1, 0.15) is 51.7 Å². The molecule has 27 heavy (non-hydrogen) atoms. The van der Waals surface area contributed by atoms with Crippen LogP contribution in [0.3, 0.4) is 0 Å². The average molecular weight is 368 g/mol. The number of ether oxygens (including phenoxy) is 1. The summed E-state index contributed by atoms with van der Waals surface area (Å²) in [5, 5.41) is 24.0. The van der Waals surface area contributed by atoms with E-state index in [0.29, 0.717) is 5.56 Å². The lowest BCUT2D eigenvalue weighted by Gasteiger charge is -2.13. The van der Waals surface area contributed by atoms with E-state index in [4.69, 9.17) is 9.84 Å². The SMILES string of the molecule is Cc1cc(C(=O)O)cc(C(=O)O)c1OCc1ccc2nn(C(C)C)cc2c1. The van der Waals surface area contributed by atoms with E-state index in [2.05, 4.69) is 5.10 Å². The normalized spacial score (nSPS) is 11.1. The molecule has 0 spiro atoms. The summed E-state index contributed by atoms with van der Waals surface area (Å²) in [6.07, 6.45) is 1.96. The zero-order chi connectivity index (χ0) is 19.7. The smallest absolute Gasteiger partial charge is 0.339 e. The molecule has 1 aromatic heterocycles. The monoisotopic (exact) mass is 368 g/mol. The molecule has 2 aromatic carbocycles. The van der Waals surface area contributed by atoms with E-state index in [1.54, 1.807) is 6.92 Å². The molecule has 0 fully saturated rings. The lowest BCUT2D eigenvalue weighted by atomic mass is 10.0. The third kappa shape index (κ3) is 3.76. The molecular formula is C20H20N2O5. The molecule has 0 unspecified atom stereocenters. The van der Waals surface area contributed by atoms with Crippen LogP contribution < -0.4 is 4.74 Å². The first-order chi connectivity index (χ1) is 12.8. The van der Waals surface area contributed by atoms with Crippen LogP contribution in [0.15, 0.2) is 36.5 Å². The summed E-state index contributed by atoms with van der Waals surface area (Å²) >= 11 is 0. The number of hydrogen-bond donors (Lipinski definition) is 2. The number of aromatic nitrogens is 2. The van der Waals surface area contributed by atoms with Crippen LogP contribution in [0.25, 0.3) is 10.9 Å². The van der Waals surface area contributed by atoms with E-state index >= 15 is 0 Å². The molecular weight excluding hydrogens is 348 g/mol. The van der Waals surface area contributed by atoms with Gasteiger partial charge in [-0.05, 0) is 56.2 Å². The number of fused-ring (bicyclic) bond motifs is 1. The van der Waals surface area contributed by atoms with E-state index < -0.39 is 11.9 Å². The highest BCUT2D eigenvalue weighted by Gasteiger charge is 2.18. The van der Waals surface area contributed by atoms with Gasteiger partial charge in [0.15, 0.2) is 0 Å². The fourth-order valence-electron chi connectivity index (χ4n) is 2.85. The zero-order valence-electron chi connectivity index (χ0n) is 15.3. The maximum atomic E-state index is 11.5. The number of rotatable bonds is 6. The Morgan fingerprint density at radius 2 is 1.89 bits per heavy atom. The summed E-state index contributed by atoms with van der Waals surface area (Å²) in [6.45, 7) is 5.89. The first-order valence-corrected chi connectivity index (χ1v) is 8.48. The van der Waals surface area contributed by atoms with Crippen molar-refractivity contribution in [2.45, 2.75) is 33.4 Å². The average Bonchev–Trinajstić information content (AvgIpc) is 3.03. The van der Waals surface area contributed by atoms with Gasteiger partial charge in [-0.15, -0.1) is 0 Å². The molecule has 0 bridgehead atoms. The number of aryl methyl sites for hydroxylation is 1. The molecule has 0 aliphatic carbocycles. The van der Waals surface area contributed by atoms with E-state index in [9.17, 15) is 14.7 Å². The largest absolute Gasteiger partial charge is 0.488 e. The van der Waals surface area contributed by atoms with Crippen molar-refractivity contribution in [1.82, 2.24) is 9.78 Å². The minimum atomic E-state index is -1.23. The Balaban J connectivity index is 1.89. The van der Waals surface area contributed by atoms with Crippen molar-refractivity contribution >= 4 is 22.8 Å². The number of carbonyl (C=O) groups is 2. The number of benzene rings is 2. The Hall–Kier alpha value is -3.35. The van der Waals surface area contributed by atoms with Gasteiger partial charge in [-0.3, -0.25) is 4.68 Å². The summed E-state index contributed by atoms with van der Waals surface area (Å²) in [5.41, 5.74) is 1.95. The number of aromatic carboxylic acids is 2. The second kappa shape index (κ2) is 7.11. The van der Waals surface area contributed by atoms with Crippen molar-refractivity contribution in [3.05, 3.63) is 58.8 Å². The van der Waals surface area contributed by atoms with Crippen molar-refractivity contribution in [1.29, 1.82) is 0 Å². The molecule has 0 saturated heterocycles. The van der Waals surface area contributed by atoms with Crippen molar-refractivity contribution in [3.8, 4) is 5.75 Å². The van der Waals surface area contributed by atoms with Crippen LogP contribution in [0.5, 0.6) is 5.75 Å². The van der Waals surface area contributed by atoms with Crippen LogP contribution in [-0.2, 0) is 6.61 Å². The summed E-state index contributed by atoms with van der Waals surface area (Å²) in [4.78, 5) is 22.7. The van der Waals surface area contributed by atoms with E-state index in [0.717, 1.165) is 22.5 Å². The minimum absolute atomic E-state index is 0.0835. The lowest BCUT2D eigenvalue weighted by Crippen LogP contribution is -2.08. The van der Waals surface area contributed by atoms with Crippen molar-refractivity contribution in [2.75, 3.05) is 0 Å². The molecule has 140 valence electrons. The number of nitrogens with zero attached hydrogens (tertiary/aromatic N) is 2. The molecule has 0 aliphatic rings. The van der Waals surface area contributed by atoms with Gasteiger partial charge < -0.3 is 14.9 Å². The number of hydrogen-bond acceptors (Lipinski definition) is 4. The van der Waals surface area contributed by atoms with Gasteiger partial charge in [0.05, 0.1) is 11.1 Å². The highest BCUT2D eigenvalue weighted by molar-refractivity contribution is 5.96. The van der Waals surface area contributed by atoms with Crippen molar-refractivity contribution in [2.24, 2.45) is 0 Å². The highest BCUT2D eigenvalue weighted by atomic mass is 16.5. The van der Waals surface area contributed by atoms with Crippen LogP contribution in [0.2, 0.25) is 0 Å². The van der Waals surface area contributed by atoms with Crippen molar-refractivity contribution < 1.29 is 24.5 Å². The maximum Gasteiger partial charge on any atom is 0.339 e. The molecule has 7 heteroatoms. The molecule has 3 rings (SSSR count). The summed E-state index contributed by atoms with van der Waals surface area (Å²) in [7, 11) is 0. The summed E-state index contributed by atoms with van der Waals surface area (Å²) in [6, 6.07) is 8.49. The predicted octanol–water partition coefficient (Wildman–Crippen LogP) is 3.90. The Kier molecular flexibility index (Phi) is 4.85. The lowest BCUT2D eigenvalue weighted by molar-refractivity contribution is 0.0691. The van der Waals surface area contributed by atoms with Gasteiger partial charge in [-0.25, -0.2) is 9.59 Å².